The van der Waals surface area contributed by atoms with Crippen LogP contribution in [0.2, 0.25) is 0 Å². The molecule has 1 atom stereocenters. The van der Waals surface area contributed by atoms with Gasteiger partial charge in [-0.2, -0.15) is 0 Å². The minimum atomic E-state index is -1.00. The second-order valence-electron chi connectivity index (χ2n) is 6.25. The molecular formula is C17H23BrCl2N4O. The zero-order chi connectivity index (χ0) is 16.4. The Morgan fingerprint density at radius 1 is 1.28 bits per heavy atom. The molecule has 1 aliphatic heterocycles. The number of amides is 1. The lowest BCUT2D eigenvalue weighted by molar-refractivity contribution is -0.137. The number of imidazole rings is 1. The van der Waals surface area contributed by atoms with Gasteiger partial charge in [-0.05, 0) is 37.5 Å². The van der Waals surface area contributed by atoms with E-state index in [1.807, 2.05) is 35.4 Å². The normalized spacial score (nSPS) is 17.2. The summed E-state index contributed by atoms with van der Waals surface area (Å²) in [6.45, 7) is 3.22. The molecule has 0 bridgehead atoms. The number of likely N-dealkylation sites (tertiary alicyclic amines) is 1. The summed E-state index contributed by atoms with van der Waals surface area (Å²) in [6.07, 6.45) is 5.44. The maximum Gasteiger partial charge on any atom is 0.246 e. The number of nitrogens with one attached hydrogen (secondary N) is 1. The summed E-state index contributed by atoms with van der Waals surface area (Å²) in [4.78, 5) is 22.2. The molecule has 0 saturated carbocycles. The molecule has 8 heteroatoms. The SMILES string of the molecule is CC(N)(C(=O)N1CCC(c2ncc[nH]2)CC1)c1ccc(Br)cc1.Cl.Cl. The topological polar surface area (TPSA) is 75.0 Å². The molecule has 25 heavy (non-hydrogen) atoms. The molecule has 1 unspecified atom stereocenters. The third kappa shape index (κ3) is 4.76. The van der Waals surface area contributed by atoms with Gasteiger partial charge in [0.25, 0.3) is 0 Å². The lowest BCUT2D eigenvalue weighted by Gasteiger charge is -2.36. The number of piperidine rings is 1. The van der Waals surface area contributed by atoms with Crippen LogP contribution >= 0.6 is 40.7 Å². The van der Waals surface area contributed by atoms with E-state index in [-0.39, 0.29) is 30.7 Å². The Balaban J connectivity index is 0.00000156. The predicted molar refractivity (Wildman–Crippen MR) is 107 cm³/mol. The van der Waals surface area contributed by atoms with Gasteiger partial charge in [-0.3, -0.25) is 4.79 Å². The number of carbonyl (C=O) groups excluding carboxylic acids is 1. The first kappa shape index (κ1) is 22.0. The van der Waals surface area contributed by atoms with Crippen LogP contribution in [0, 0.1) is 0 Å². The summed E-state index contributed by atoms with van der Waals surface area (Å²) in [5.41, 5.74) is 6.20. The van der Waals surface area contributed by atoms with Crippen LogP contribution in [0.25, 0.3) is 0 Å². The molecule has 5 nitrogen and oxygen atoms in total. The Kier molecular flexibility index (Phi) is 7.93. The van der Waals surface area contributed by atoms with Crippen molar-refractivity contribution in [3.63, 3.8) is 0 Å². The van der Waals surface area contributed by atoms with E-state index in [4.69, 9.17) is 5.73 Å². The summed E-state index contributed by atoms with van der Waals surface area (Å²) < 4.78 is 0.976. The van der Waals surface area contributed by atoms with Crippen molar-refractivity contribution in [3.8, 4) is 0 Å². The van der Waals surface area contributed by atoms with Crippen LogP contribution in [0.3, 0.4) is 0 Å². The van der Waals surface area contributed by atoms with Crippen LogP contribution in [-0.2, 0) is 10.3 Å². The minimum Gasteiger partial charge on any atom is -0.348 e. The van der Waals surface area contributed by atoms with Crippen LogP contribution in [0.1, 0.15) is 37.1 Å². The van der Waals surface area contributed by atoms with Gasteiger partial charge in [0.15, 0.2) is 0 Å². The van der Waals surface area contributed by atoms with E-state index in [0.29, 0.717) is 19.0 Å². The molecule has 1 amide bonds. The molecule has 2 aromatic rings. The van der Waals surface area contributed by atoms with Gasteiger partial charge in [-0.25, -0.2) is 4.98 Å². The number of nitrogens with zero attached hydrogens (tertiary/aromatic N) is 2. The van der Waals surface area contributed by atoms with Gasteiger partial charge < -0.3 is 15.6 Å². The van der Waals surface area contributed by atoms with E-state index in [1.54, 1.807) is 13.1 Å². The molecule has 0 aliphatic carbocycles. The number of aromatic nitrogens is 2. The fourth-order valence-corrected chi connectivity index (χ4v) is 3.37. The van der Waals surface area contributed by atoms with E-state index in [0.717, 1.165) is 28.7 Å². The van der Waals surface area contributed by atoms with Crippen molar-refractivity contribution in [2.45, 2.75) is 31.2 Å². The highest BCUT2D eigenvalue weighted by Gasteiger charge is 2.36. The van der Waals surface area contributed by atoms with Gasteiger partial charge in [0.2, 0.25) is 5.91 Å². The summed E-state index contributed by atoms with van der Waals surface area (Å²) in [7, 11) is 0. The van der Waals surface area contributed by atoms with Crippen LogP contribution in [0.15, 0.2) is 41.1 Å². The summed E-state index contributed by atoms with van der Waals surface area (Å²) in [6, 6.07) is 7.63. The van der Waals surface area contributed by atoms with Gasteiger partial charge in [-0.1, -0.05) is 28.1 Å². The highest BCUT2D eigenvalue weighted by Crippen LogP contribution is 2.29. The molecule has 2 heterocycles. The van der Waals surface area contributed by atoms with Crippen LogP contribution in [0.5, 0.6) is 0 Å². The number of aromatic amines is 1. The quantitative estimate of drug-likeness (QED) is 0.751. The highest BCUT2D eigenvalue weighted by molar-refractivity contribution is 9.10. The minimum absolute atomic E-state index is 0. The standard InChI is InChI=1S/C17H21BrN4O.2ClH/c1-17(19,13-2-4-14(18)5-3-13)16(23)22-10-6-12(7-11-22)15-20-8-9-21-15;;/h2-5,8-9,12H,6-7,10-11,19H2,1H3,(H,20,21);2*1H. The number of H-pyrrole nitrogens is 1. The molecule has 3 N–H and O–H groups in total. The van der Waals surface area contributed by atoms with Gasteiger partial charge >= 0.3 is 0 Å². The predicted octanol–water partition coefficient (Wildman–Crippen LogP) is 3.60. The Morgan fingerprint density at radius 3 is 2.40 bits per heavy atom. The summed E-state index contributed by atoms with van der Waals surface area (Å²) >= 11 is 3.41. The number of nitrogens with two attached hydrogens (primary N) is 1. The van der Waals surface area contributed by atoms with Crippen molar-refractivity contribution < 1.29 is 4.79 Å². The van der Waals surface area contributed by atoms with Crippen molar-refractivity contribution >= 4 is 46.7 Å². The molecule has 0 spiro atoms. The lowest BCUT2D eigenvalue weighted by Crippen LogP contribution is -2.52. The van der Waals surface area contributed by atoms with E-state index in [2.05, 4.69) is 25.9 Å². The zero-order valence-corrected chi connectivity index (χ0v) is 17.2. The maximum atomic E-state index is 12.9. The first-order valence-corrected chi connectivity index (χ1v) is 8.61. The number of hydrogen-bond donors (Lipinski definition) is 2. The number of hydrogen-bond acceptors (Lipinski definition) is 3. The molecule has 1 aliphatic rings. The molecule has 138 valence electrons. The number of benzene rings is 1. The number of halogens is 3. The summed E-state index contributed by atoms with van der Waals surface area (Å²) in [5, 5.41) is 0. The second kappa shape index (κ2) is 9.03. The van der Waals surface area contributed by atoms with Crippen LogP contribution < -0.4 is 5.73 Å². The Labute approximate surface area is 168 Å². The number of carbonyl (C=O) groups is 1. The molecule has 1 fully saturated rings. The molecule has 1 aromatic carbocycles. The lowest BCUT2D eigenvalue weighted by atomic mass is 9.89. The van der Waals surface area contributed by atoms with E-state index < -0.39 is 5.54 Å². The van der Waals surface area contributed by atoms with Gasteiger partial charge in [0.05, 0.1) is 0 Å². The zero-order valence-electron chi connectivity index (χ0n) is 13.9. The molecule has 1 saturated heterocycles. The fourth-order valence-electron chi connectivity index (χ4n) is 3.10. The van der Waals surface area contributed by atoms with Crippen molar-refractivity contribution in [1.82, 2.24) is 14.9 Å². The van der Waals surface area contributed by atoms with Crippen molar-refractivity contribution in [2.75, 3.05) is 13.1 Å². The van der Waals surface area contributed by atoms with Crippen molar-refractivity contribution in [1.29, 1.82) is 0 Å². The van der Waals surface area contributed by atoms with E-state index >= 15 is 0 Å². The molecule has 0 radical (unpaired) electrons. The van der Waals surface area contributed by atoms with Gasteiger partial charge in [-0.15, -0.1) is 24.8 Å². The maximum absolute atomic E-state index is 12.9. The average Bonchev–Trinajstić information content (AvgIpc) is 3.09. The summed E-state index contributed by atoms with van der Waals surface area (Å²) in [5.74, 6) is 1.39. The second-order valence-corrected chi connectivity index (χ2v) is 7.17. The molecular weight excluding hydrogens is 427 g/mol. The smallest absolute Gasteiger partial charge is 0.246 e. The Hall–Kier alpha value is -1.08. The monoisotopic (exact) mass is 448 g/mol. The first-order chi connectivity index (χ1) is 11.0. The van der Waals surface area contributed by atoms with Crippen LogP contribution in [0.4, 0.5) is 0 Å². The first-order valence-electron chi connectivity index (χ1n) is 7.82. The molecule has 1 aromatic heterocycles. The third-order valence-electron chi connectivity index (χ3n) is 4.58. The number of rotatable bonds is 3. The van der Waals surface area contributed by atoms with E-state index in [1.165, 1.54) is 0 Å². The van der Waals surface area contributed by atoms with Crippen molar-refractivity contribution in [3.05, 3.63) is 52.5 Å². The largest absolute Gasteiger partial charge is 0.348 e. The average molecular weight is 450 g/mol. The third-order valence-corrected chi connectivity index (χ3v) is 5.11. The van der Waals surface area contributed by atoms with E-state index in [9.17, 15) is 4.79 Å². The van der Waals surface area contributed by atoms with Crippen LogP contribution in [-0.4, -0.2) is 33.9 Å². The molecule has 3 rings (SSSR count). The van der Waals surface area contributed by atoms with Crippen molar-refractivity contribution in [2.24, 2.45) is 5.73 Å². The highest BCUT2D eigenvalue weighted by atomic mass is 79.9. The van der Waals surface area contributed by atoms with Gasteiger partial charge in [0, 0.05) is 35.9 Å². The van der Waals surface area contributed by atoms with Gasteiger partial charge in [0.1, 0.15) is 11.4 Å². The Morgan fingerprint density at radius 2 is 1.88 bits per heavy atom. The Bertz CT molecular complexity index is 668. The fraction of sp³-hybridized carbons (Fsp3) is 0.412.